The summed E-state index contributed by atoms with van der Waals surface area (Å²) < 4.78 is 0. The monoisotopic (exact) mass is 236 g/mol. The zero-order valence-electron chi connectivity index (χ0n) is 9.91. The van der Waals surface area contributed by atoms with Crippen molar-refractivity contribution in [3.63, 3.8) is 0 Å². The molecule has 3 heteroatoms. The molecule has 3 rings (SSSR count). The molecule has 16 heavy (non-hydrogen) atoms. The van der Waals surface area contributed by atoms with Crippen LogP contribution in [0.15, 0.2) is 11.7 Å². The molecular formula is C13H20N2S. The van der Waals surface area contributed by atoms with E-state index in [2.05, 4.69) is 17.2 Å². The van der Waals surface area contributed by atoms with E-state index in [1.807, 2.05) is 11.7 Å². The van der Waals surface area contributed by atoms with E-state index in [-0.39, 0.29) is 0 Å². The number of hydrogen-bond acceptors (Lipinski definition) is 3. The van der Waals surface area contributed by atoms with Gasteiger partial charge >= 0.3 is 0 Å². The Morgan fingerprint density at radius 1 is 1.56 bits per heavy atom. The molecule has 0 aromatic carbocycles. The van der Waals surface area contributed by atoms with Crippen LogP contribution in [0.1, 0.15) is 49.9 Å². The highest BCUT2D eigenvalue weighted by atomic mass is 32.1. The Balaban J connectivity index is 1.55. The minimum absolute atomic E-state index is 0.476. The Kier molecular flexibility index (Phi) is 2.76. The second-order valence-electron chi connectivity index (χ2n) is 5.50. The molecule has 1 heterocycles. The summed E-state index contributed by atoms with van der Waals surface area (Å²) in [5.74, 6) is 1.04. The number of rotatable bonds is 5. The SMILES string of the molecule is CC(NCC1(C2CC2)CCC1)c1cncs1. The van der Waals surface area contributed by atoms with E-state index in [0.29, 0.717) is 11.5 Å². The quantitative estimate of drug-likeness (QED) is 0.848. The third kappa shape index (κ3) is 1.91. The van der Waals surface area contributed by atoms with Crippen molar-refractivity contribution in [1.82, 2.24) is 10.3 Å². The van der Waals surface area contributed by atoms with Crippen molar-refractivity contribution in [1.29, 1.82) is 0 Å². The summed E-state index contributed by atoms with van der Waals surface area (Å²) >= 11 is 1.76. The van der Waals surface area contributed by atoms with Crippen LogP contribution in [-0.4, -0.2) is 11.5 Å². The molecule has 0 spiro atoms. The minimum Gasteiger partial charge on any atom is -0.309 e. The van der Waals surface area contributed by atoms with Crippen molar-refractivity contribution in [2.75, 3.05) is 6.54 Å². The highest BCUT2D eigenvalue weighted by molar-refractivity contribution is 7.09. The van der Waals surface area contributed by atoms with Gasteiger partial charge in [-0.15, -0.1) is 11.3 Å². The molecule has 2 saturated carbocycles. The molecule has 0 radical (unpaired) electrons. The predicted octanol–water partition coefficient (Wildman–Crippen LogP) is 3.37. The lowest BCUT2D eigenvalue weighted by atomic mass is 9.65. The van der Waals surface area contributed by atoms with Gasteiger partial charge < -0.3 is 5.32 Å². The molecule has 1 atom stereocenters. The van der Waals surface area contributed by atoms with Gasteiger partial charge in [0.2, 0.25) is 0 Å². The highest BCUT2D eigenvalue weighted by Gasteiger charge is 2.48. The van der Waals surface area contributed by atoms with Crippen molar-refractivity contribution in [2.24, 2.45) is 11.3 Å². The van der Waals surface area contributed by atoms with Crippen molar-refractivity contribution < 1.29 is 0 Å². The van der Waals surface area contributed by atoms with Gasteiger partial charge in [0.25, 0.3) is 0 Å². The third-order valence-electron chi connectivity index (χ3n) is 4.43. The minimum atomic E-state index is 0.476. The van der Waals surface area contributed by atoms with E-state index in [9.17, 15) is 0 Å². The number of thiazole rings is 1. The van der Waals surface area contributed by atoms with Gasteiger partial charge in [-0.2, -0.15) is 0 Å². The largest absolute Gasteiger partial charge is 0.309 e. The topological polar surface area (TPSA) is 24.9 Å². The molecule has 1 aromatic heterocycles. The zero-order chi connectivity index (χ0) is 11.0. The van der Waals surface area contributed by atoms with Crippen molar-refractivity contribution in [2.45, 2.75) is 45.1 Å². The maximum Gasteiger partial charge on any atom is 0.0794 e. The summed E-state index contributed by atoms with van der Waals surface area (Å²) in [6.07, 6.45) is 9.33. The van der Waals surface area contributed by atoms with Crippen LogP contribution in [0, 0.1) is 11.3 Å². The van der Waals surface area contributed by atoms with E-state index in [4.69, 9.17) is 0 Å². The van der Waals surface area contributed by atoms with Crippen LogP contribution in [0.2, 0.25) is 0 Å². The Hall–Kier alpha value is -0.410. The molecule has 2 aliphatic carbocycles. The van der Waals surface area contributed by atoms with E-state index in [1.54, 1.807) is 11.3 Å². The van der Waals surface area contributed by atoms with Crippen LogP contribution in [-0.2, 0) is 0 Å². The van der Waals surface area contributed by atoms with Crippen LogP contribution < -0.4 is 5.32 Å². The molecule has 1 aromatic rings. The molecule has 0 amide bonds. The van der Waals surface area contributed by atoms with Crippen LogP contribution in [0.25, 0.3) is 0 Å². The fraction of sp³-hybridized carbons (Fsp3) is 0.769. The Morgan fingerprint density at radius 3 is 2.88 bits per heavy atom. The summed E-state index contributed by atoms with van der Waals surface area (Å²) in [6.45, 7) is 3.48. The van der Waals surface area contributed by atoms with E-state index >= 15 is 0 Å². The lowest BCUT2D eigenvalue weighted by molar-refractivity contribution is 0.0955. The first-order valence-corrected chi connectivity index (χ1v) is 7.30. The van der Waals surface area contributed by atoms with Crippen LogP contribution in [0.4, 0.5) is 0 Å². The van der Waals surface area contributed by atoms with Crippen LogP contribution in [0.3, 0.4) is 0 Å². The molecule has 0 bridgehead atoms. The molecule has 0 aliphatic heterocycles. The fourth-order valence-corrected chi connectivity index (χ4v) is 3.60. The average molecular weight is 236 g/mol. The summed E-state index contributed by atoms with van der Waals surface area (Å²) in [5.41, 5.74) is 2.60. The number of hydrogen-bond donors (Lipinski definition) is 1. The number of nitrogens with one attached hydrogen (secondary N) is 1. The molecule has 2 fully saturated rings. The molecule has 2 aliphatic rings. The van der Waals surface area contributed by atoms with E-state index in [1.165, 1.54) is 43.5 Å². The van der Waals surface area contributed by atoms with Crippen molar-refractivity contribution in [3.05, 3.63) is 16.6 Å². The summed E-state index contributed by atoms with van der Waals surface area (Å²) in [4.78, 5) is 5.51. The predicted molar refractivity (Wildman–Crippen MR) is 67.5 cm³/mol. The van der Waals surface area contributed by atoms with Crippen LogP contribution in [0.5, 0.6) is 0 Å². The summed E-state index contributed by atoms with van der Waals surface area (Å²) in [7, 11) is 0. The van der Waals surface area contributed by atoms with Crippen LogP contribution >= 0.6 is 11.3 Å². The van der Waals surface area contributed by atoms with Crippen molar-refractivity contribution >= 4 is 11.3 Å². The van der Waals surface area contributed by atoms with Gasteiger partial charge in [0.1, 0.15) is 0 Å². The van der Waals surface area contributed by atoms with Gasteiger partial charge in [-0.3, -0.25) is 4.98 Å². The summed E-state index contributed by atoms with van der Waals surface area (Å²) in [5, 5.41) is 3.72. The first-order chi connectivity index (χ1) is 7.80. The Labute approximate surface area is 101 Å². The smallest absolute Gasteiger partial charge is 0.0794 e. The lowest BCUT2D eigenvalue weighted by Gasteiger charge is -2.43. The fourth-order valence-electron chi connectivity index (χ4n) is 2.95. The average Bonchev–Trinajstić information content (AvgIpc) is 2.92. The Morgan fingerprint density at radius 2 is 2.38 bits per heavy atom. The third-order valence-corrected chi connectivity index (χ3v) is 5.39. The normalized spacial score (nSPS) is 25.1. The molecule has 88 valence electrons. The van der Waals surface area contributed by atoms with Crippen molar-refractivity contribution in [3.8, 4) is 0 Å². The standard InChI is InChI=1S/C13H20N2S/c1-10(12-7-14-9-16-12)15-8-13(5-2-6-13)11-3-4-11/h7,9-11,15H,2-6,8H2,1H3. The molecular weight excluding hydrogens is 216 g/mol. The molecule has 0 saturated heterocycles. The first-order valence-electron chi connectivity index (χ1n) is 6.42. The van der Waals surface area contributed by atoms with Gasteiger partial charge in [0, 0.05) is 23.7 Å². The van der Waals surface area contributed by atoms with Gasteiger partial charge in [-0.1, -0.05) is 6.42 Å². The highest BCUT2D eigenvalue weighted by Crippen LogP contribution is 2.56. The maximum atomic E-state index is 4.15. The first kappa shape index (κ1) is 10.7. The van der Waals surface area contributed by atoms with E-state index < -0.39 is 0 Å². The molecule has 1 unspecified atom stereocenters. The number of nitrogens with zero attached hydrogens (tertiary/aromatic N) is 1. The number of aromatic nitrogens is 1. The van der Waals surface area contributed by atoms with Gasteiger partial charge in [0.15, 0.2) is 0 Å². The second kappa shape index (κ2) is 4.11. The zero-order valence-corrected chi connectivity index (χ0v) is 10.7. The summed E-state index contributed by atoms with van der Waals surface area (Å²) in [6, 6.07) is 0.476. The second-order valence-corrected chi connectivity index (χ2v) is 6.41. The maximum absolute atomic E-state index is 4.15. The van der Waals surface area contributed by atoms with Gasteiger partial charge in [-0.05, 0) is 43.9 Å². The lowest BCUT2D eigenvalue weighted by Crippen LogP contribution is -2.42. The molecule has 2 nitrogen and oxygen atoms in total. The molecule has 1 N–H and O–H groups in total. The Bertz CT molecular complexity index is 339. The van der Waals surface area contributed by atoms with Gasteiger partial charge in [0.05, 0.1) is 5.51 Å². The van der Waals surface area contributed by atoms with Gasteiger partial charge in [-0.25, -0.2) is 0 Å². The van der Waals surface area contributed by atoms with E-state index in [0.717, 1.165) is 5.92 Å².